The summed E-state index contributed by atoms with van der Waals surface area (Å²) in [6, 6.07) is 15.6. The van der Waals surface area contributed by atoms with Crippen LogP contribution >= 0.6 is 0 Å². The number of likely N-dealkylation sites (N-methyl/N-ethyl adjacent to an activating group) is 1. The molecular weight excluding hydrogens is 326 g/mol. The van der Waals surface area contributed by atoms with Crippen LogP contribution in [0.2, 0.25) is 0 Å². The highest BCUT2D eigenvalue weighted by Crippen LogP contribution is 2.23. The fraction of sp³-hybridized carbons (Fsp3) is 0.300. The van der Waals surface area contributed by atoms with Crippen LogP contribution in [0.15, 0.2) is 60.4 Å². The minimum absolute atomic E-state index is 0.699. The normalized spacial score (nSPS) is 11.5. The average molecular weight is 355 g/mol. The molecule has 2 aromatic carbocycles. The van der Waals surface area contributed by atoms with Gasteiger partial charge in [0.15, 0.2) is 0 Å². The fourth-order valence-electron chi connectivity index (χ4n) is 2.58. The Hall–Kier alpha value is -2.70. The Morgan fingerprint density at radius 2 is 1.77 bits per heavy atom. The lowest BCUT2D eigenvalue weighted by Gasteiger charge is -2.20. The second-order valence-corrected chi connectivity index (χ2v) is 5.98. The van der Waals surface area contributed by atoms with E-state index in [9.17, 15) is 0 Å². The van der Waals surface area contributed by atoms with E-state index in [1.54, 1.807) is 18.3 Å². The van der Waals surface area contributed by atoms with Gasteiger partial charge in [0, 0.05) is 29.8 Å². The summed E-state index contributed by atoms with van der Waals surface area (Å²) in [4.78, 5) is 2.24. The molecule has 0 fully saturated rings. The molecule has 0 aliphatic heterocycles. The summed E-state index contributed by atoms with van der Waals surface area (Å²) in [7, 11) is 1.65. The van der Waals surface area contributed by atoms with Crippen molar-refractivity contribution in [1.29, 1.82) is 0 Å². The standard InChI is InChI=1S/C20H29N5O/c1-4-24(5-2)14-16(21)15-25(22)19-8-6-7-18(13-19)23-17-9-11-20(26-3)12-10-17/h6-13,15,23H,4-5,14,21-22H2,1-3H3/b16-15-. The van der Waals surface area contributed by atoms with Gasteiger partial charge < -0.3 is 15.8 Å². The van der Waals surface area contributed by atoms with Gasteiger partial charge in [-0.15, -0.1) is 0 Å². The number of rotatable bonds is 9. The van der Waals surface area contributed by atoms with E-state index in [2.05, 4.69) is 24.1 Å². The molecule has 0 aromatic heterocycles. The molecular formula is C20H29N5O. The van der Waals surface area contributed by atoms with Crippen LogP contribution in [0.25, 0.3) is 0 Å². The molecule has 0 atom stereocenters. The molecule has 6 nitrogen and oxygen atoms in total. The number of nitrogens with zero attached hydrogens (tertiary/aromatic N) is 2. The number of methoxy groups -OCH3 is 1. The van der Waals surface area contributed by atoms with E-state index in [-0.39, 0.29) is 0 Å². The van der Waals surface area contributed by atoms with Crippen molar-refractivity contribution in [3.63, 3.8) is 0 Å². The van der Waals surface area contributed by atoms with Crippen molar-refractivity contribution in [1.82, 2.24) is 4.90 Å². The number of nitrogens with two attached hydrogens (primary N) is 2. The molecule has 0 saturated carbocycles. The van der Waals surface area contributed by atoms with Gasteiger partial charge in [0.05, 0.1) is 12.8 Å². The first-order valence-electron chi connectivity index (χ1n) is 8.79. The van der Waals surface area contributed by atoms with Gasteiger partial charge in [0.2, 0.25) is 0 Å². The van der Waals surface area contributed by atoms with Crippen molar-refractivity contribution in [2.45, 2.75) is 13.8 Å². The molecule has 5 N–H and O–H groups in total. The second kappa shape index (κ2) is 9.70. The van der Waals surface area contributed by atoms with Crippen LogP contribution in [0.3, 0.4) is 0 Å². The second-order valence-electron chi connectivity index (χ2n) is 5.98. The zero-order valence-corrected chi connectivity index (χ0v) is 15.8. The molecule has 0 aliphatic carbocycles. The highest BCUT2D eigenvalue weighted by Gasteiger charge is 2.05. The highest BCUT2D eigenvalue weighted by molar-refractivity contribution is 5.65. The molecule has 0 heterocycles. The summed E-state index contributed by atoms with van der Waals surface area (Å²) in [5.41, 5.74) is 9.62. The third-order valence-corrected chi connectivity index (χ3v) is 4.13. The molecule has 0 unspecified atom stereocenters. The van der Waals surface area contributed by atoms with Crippen LogP contribution in [-0.2, 0) is 0 Å². The fourth-order valence-corrected chi connectivity index (χ4v) is 2.58. The molecule has 0 aliphatic rings. The molecule has 0 amide bonds. The molecule has 26 heavy (non-hydrogen) atoms. The van der Waals surface area contributed by atoms with Gasteiger partial charge in [-0.3, -0.25) is 9.91 Å². The van der Waals surface area contributed by atoms with Gasteiger partial charge in [0.25, 0.3) is 0 Å². The molecule has 2 aromatic rings. The van der Waals surface area contributed by atoms with Crippen molar-refractivity contribution in [2.75, 3.05) is 37.1 Å². The Labute approximate surface area is 156 Å². The van der Waals surface area contributed by atoms with Crippen molar-refractivity contribution < 1.29 is 4.74 Å². The first-order valence-corrected chi connectivity index (χ1v) is 8.79. The summed E-state index contributed by atoms with van der Waals surface area (Å²) >= 11 is 0. The largest absolute Gasteiger partial charge is 0.497 e. The number of hydrogen-bond donors (Lipinski definition) is 3. The van der Waals surface area contributed by atoms with Crippen molar-refractivity contribution in [3.05, 3.63) is 60.4 Å². The van der Waals surface area contributed by atoms with Crippen LogP contribution in [-0.4, -0.2) is 31.6 Å². The molecule has 140 valence electrons. The first kappa shape index (κ1) is 19.6. The zero-order valence-electron chi connectivity index (χ0n) is 15.8. The highest BCUT2D eigenvalue weighted by atomic mass is 16.5. The quantitative estimate of drug-likeness (QED) is 0.473. The van der Waals surface area contributed by atoms with E-state index in [0.29, 0.717) is 6.54 Å². The van der Waals surface area contributed by atoms with Gasteiger partial charge in [-0.1, -0.05) is 19.9 Å². The lowest BCUT2D eigenvalue weighted by Crippen LogP contribution is -2.31. The molecule has 0 bridgehead atoms. The van der Waals surface area contributed by atoms with Crippen LogP contribution in [0.5, 0.6) is 5.75 Å². The maximum absolute atomic E-state index is 6.17. The topological polar surface area (TPSA) is 79.8 Å². The number of hydrogen-bond acceptors (Lipinski definition) is 6. The third-order valence-electron chi connectivity index (χ3n) is 4.13. The van der Waals surface area contributed by atoms with E-state index >= 15 is 0 Å². The summed E-state index contributed by atoms with van der Waals surface area (Å²) in [5, 5.41) is 4.91. The molecule has 0 radical (unpaired) electrons. The molecule has 2 rings (SSSR count). The van der Waals surface area contributed by atoms with E-state index in [1.807, 2.05) is 48.5 Å². The van der Waals surface area contributed by atoms with Crippen LogP contribution < -0.4 is 26.6 Å². The average Bonchev–Trinajstić information content (AvgIpc) is 2.67. The monoisotopic (exact) mass is 355 g/mol. The molecule has 0 spiro atoms. The van der Waals surface area contributed by atoms with Crippen LogP contribution in [0, 0.1) is 0 Å². The maximum atomic E-state index is 6.17. The Balaban J connectivity index is 2.07. The minimum Gasteiger partial charge on any atom is -0.497 e. The minimum atomic E-state index is 0.699. The lowest BCUT2D eigenvalue weighted by molar-refractivity contribution is 0.328. The summed E-state index contributed by atoms with van der Waals surface area (Å²) in [6.45, 7) is 6.84. The third kappa shape index (κ3) is 5.68. The van der Waals surface area contributed by atoms with Gasteiger partial charge in [0.1, 0.15) is 5.75 Å². The number of nitrogens with one attached hydrogen (secondary N) is 1. The Bertz CT molecular complexity index is 710. The number of hydrazine groups is 1. The van der Waals surface area contributed by atoms with E-state index < -0.39 is 0 Å². The Kier molecular flexibility index (Phi) is 7.32. The van der Waals surface area contributed by atoms with E-state index in [4.69, 9.17) is 16.3 Å². The Morgan fingerprint density at radius 3 is 2.38 bits per heavy atom. The van der Waals surface area contributed by atoms with Crippen LogP contribution in [0.4, 0.5) is 17.1 Å². The summed E-state index contributed by atoms with van der Waals surface area (Å²) in [6.07, 6.45) is 1.77. The van der Waals surface area contributed by atoms with E-state index in [1.165, 1.54) is 0 Å². The van der Waals surface area contributed by atoms with Crippen molar-refractivity contribution in [2.24, 2.45) is 11.6 Å². The van der Waals surface area contributed by atoms with Crippen molar-refractivity contribution in [3.8, 4) is 5.75 Å². The van der Waals surface area contributed by atoms with E-state index in [0.717, 1.165) is 41.6 Å². The number of benzene rings is 2. The first-order chi connectivity index (χ1) is 12.5. The SMILES string of the molecule is CCN(CC)C/C(N)=C/N(N)c1cccc(Nc2ccc(OC)cc2)c1. The van der Waals surface area contributed by atoms with Gasteiger partial charge in [-0.2, -0.15) is 0 Å². The molecule has 6 heteroatoms. The van der Waals surface area contributed by atoms with Gasteiger partial charge >= 0.3 is 0 Å². The van der Waals surface area contributed by atoms with Gasteiger partial charge in [-0.25, -0.2) is 5.84 Å². The Morgan fingerprint density at radius 1 is 1.08 bits per heavy atom. The van der Waals surface area contributed by atoms with Crippen molar-refractivity contribution >= 4 is 17.1 Å². The predicted molar refractivity (Wildman–Crippen MR) is 109 cm³/mol. The van der Waals surface area contributed by atoms with Gasteiger partial charge in [-0.05, 0) is 55.6 Å². The number of anilines is 3. The zero-order chi connectivity index (χ0) is 18.9. The summed E-state index contributed by atoms with van der Waals surface area (Å²) < 4.78 is 5.18. The maximum Gasteiger partial charge on any atom is 0.119 e. The number of ether oxygens (including phenoxy) is 1. The lowest BCUT2D eigenvalue weighted by atomic mass is 10.2. The predicted octanol–water partition coefficient (Wildman–Crippen LogP) is 3.26. The smallest absolute Gasteiger partial charge is 0.119 e. The molecule has 0 saturated heterocycles. The van der Waals surface area contributed by atoms with Crippen LogP contribution in [0.1, 0.15) is 13.8 Å². The summed E-state index contributed by atoms with van der Waals surface area (Å²) in [5.74, 6) is 6.99.